The van der Waals surface area contributed by atoms with Crippen LogP contribution in [0, 0.1) is 0 Å². The molecule has 1 unspecified atom stereocenters. The van der Waals surface area contributed by atoms with Crippen molar-refractivity contribution in [1.82, 2.24) is 9.55 Å². The van der Waals surface area contributed by atoms with Crippen LogP contribution in [-0.4, -0.2) is 20.6 Å². The van der Waals surface area contributed by atoms with Gasteiger partial charge in [-0.05, 0) is 48.2 Å². The van der Waals surface area contributed by atoms with Crippen LogP contribution in [0.15, 0.2) is 59.4 Å². The van der Waals surface area contributed by atoms with Crippen LogP contribution in [0.25, 0.3) is 22.3 Å². The number of ether oxygens (including phenoxy) is 2. The third kappa shape index (κ3) is 3.27. The Morgan fingerprint density at radius 3 is 2.64 bits per heavy atom. The van der Waals surface area contributed by atoms with Gasteiger partial charge >= 0.3 is 5.97 Å². The monoisotopic (exact) mass is 482 g/mol. The Bertz CT molecular complexity index is 1590. The van der Waals surface area contributed by atoms with E-state index in [2.05, 4.69) is 6.92 Å². The molecule has 1 atom stereocenters. The molecule has 182 valence electrons. The third-order valence-electron chi connectivity index (χ3n) is 7.38. The Morgan fingerprint density at radius 1 is 1.08 bits per heavy atom. The van der Waals surface area contributed by atoms with Crippen molar-refractivity contribution in [2.75, 3.05) is 0 Å². The van der Waals surface area contributed by atoms with Gasteiger partial charge in [0.2, 0.25) is 0 Å². The van der Waals surface area contributed by atoms with Crippen LogP contribution in [0.2, 0.25) is 0 Å². The molecule has 1 N–H and O–H groups in total. The van der Waals surface area contributed by atoms with E-state index in [0.717, 1.165) is 45.5 Å². The fourth-order valence-corrected chi connectivity index (χ4v) is 5.38. The first-order chi connectivity index (χ1) is 17.4. The molecule has 0 amide bonds. The van der Waals surface area contributed by atoms with Gasteiger partial charge in [0.1, 0.15) is 19.0 Å². The minimum atomic E-state index is -1.83. The van der Waals surface area contributed by atoms with E-state index in [1.54, 1.807) is 17.6 Å². The summed E-state index contributed by atoms with van der Waals surface area (Å²) in [5, 5.41) is 12.1. The number of aryl methyl sites for hydroxylation is 1. The Labute approximate surface area is 207 Å². The van der Waals surface area contributed by atoms with Gasteiger partial charge in [-0.25, -0.2) is 9.78 Å². The maximum Gasteiger partial charge on any atom is 0.343 e. The van der Waals surface area contributed by atoms with Gasteiger partial charge in [-0.2, -0.15) is 0 Å². The molecule has 0 bridgehead atoms. The highest BCUT2D eigenvalue weighted by molar-refractivity contribution is 5.90. The number of rotatable bonds is 5. The molecule has 6 rings (SSSR count). The number of hydrogen-bond acceptors (Lipinski definition) is 6. The van der Waals surface area contributed by atoms with Crippen molar-refractivity contribution in [2.24, 2.45) is 0 Å². The second kappa shape index (κ2) is 8.31. The number of esters is 1. The summed E-state index contributed by atoms with van der Waals surface area (Å²) in [4.78, 5) is 30.8. The standard InChI is InChI=1S/C29H26N2O5/c1-3-19-20-12-18(35-15-17-8-6-5-7-9-17)10-11-24(20)30-26-21(19)14-31-25(26)13-23-22(27(31)32)16-36-28(33)29(23,34)4-2/h5-13,34H,3-4,14-16H2,1-2H3. The van der Waals surface area contributed by atoms with Gasteiger partial charge in [-0.3, -0.25) is 4.79 Å². The number of carbonyl (C=O) groups excluding carboxylic acids is 1. The minimum Gasteiger partial charge on any atom is -0.489 e. The molecule has 4 aromatic rings. The van der Waals surface area contributed by atoms with Crippen molar-refractivity contribution in [2.45, 2.75) is 52.0 Å². The first-order valence-corrected chi connectivity index (χ1v) is 12.2. The average Bonchev–Trinajstić information content (AvgIpc) is 3.27. The lowest BCUT2D eigenvalue weighted by Gasteiger charge is -2.31. The first kappa shape index (κ1) is 22.5. The number of hydrogen-bond donors (Lipinski definition) is 1. The van der Waals surface area contributed by atoms with Crippen LogP contribution >= 0.6 is 0 Å². The van der Waals surface area contributed by atoms with Crippen LogP contribution in [0.3, 0.4) is 0 Å². The fraction of sp³-hybridized carbons (Fsp3) is 0.276. The molecular weight excluding hydrogens is 456 g/mol. The Kier molecular flexibility index (Phi) is 5.19. The van der Waals surface area contributed by atoms with Crippen molar-refractivity contribution in [3.8, 4) is 17.1 Å². The van der Waals surface area contributed by atoms with E-state index in [1.807, 2.05) is 48.5 Å². The van der Waals surface area contributed by atoms with E-state index in [1.165, 1.54) is 0 Å². The van der Waals surface area contributed by atoms with E-state index in [0.29, 0.717) is 30.0 Å². The number of pyridine rings is 2. The molecule has 4 heterocycles. The summed E-state index contributed by atoms with van der Waals surface area (Å²) >= 11 is 0. The highest BCUT2D eigenvalue weighted by atomic mass is 16.6. The smallest absolute Gasteiger partial charge is 0.343 e. The summed E-state index contributed by atoms with van der Waals surface area (Å²) in [5.74, 6) is 0.0402. The zero-order chi connectivity index (χ0) is 25.0. The second-order valence-corrected chi connectivity index (χ2v) is 9.33. The van der Waals surface area contributed by atoms with Crippen molar-refractivity contribution in [3.63, 3.8) is 0 Å². The van der Waals surface area contributed by atoms with Gasteiger partial charge in [0.25, 0.3) is 5.56 Å². The summed E-state index contributed by atoms with van der Waals surface area (Å²) in [6, 6.07) is 17.6. The quantitative estimate of drug-likeness (QED) is 0.377. The van der Waals surface area contributed by atoms with E-state index in [9.17, 15) is 14.7 Å². The predicted octanol–water partition coefficient (Wildman–Crippen LogP) is 4.22. The Morgan fingerprint density at radius 2 is 1.89 bits per heavy atom. The minimum absolute atomic E-state index is 0.117. The predicted molar refractivity (Wildman–Crippen MR) is 135 cm³/mol. The molecule has 2 aromatic heterocycles. The first-order valence-electron chi connectivity index (χ1n) is 12.2. The topological polar surface area (TPSA) is 90.6 Å². The summed E-state index contributed by atoms with van der Waals surface area (Å²) < 4.78 is 12.9. The van der Waals surface area contributed by atoms with E-state index >= 15 is 0 Å². The number of aromatic nitrogens is 2. The molecule has 2 aliphatic rings. The van der Waals surface area contributed by atoms with Gasteiger partial charge < -0.3 is 19.1 Å². The molecule has 0 radical (unpaired) electrons. The molecule has 0 saturated heterocycles. The number of fused-ring (bicyclic) bond motifs is 5. The van der Waals surface area contributed by atoms with E-state index < -0.39 is 11.6 Å². The molecule has 0 fully saturated rings. The van der Waals surface area contributed by atoms with Crippen LogP contribution in [0.1, 0.15) is 48.1 Å². The average molecular weight is 483 g/mol. The Hall–Kier alpha value is -3.97. The SMILES string of the molecule is CCc1c2c(nc3ccc(OCc4ccccc4)cc13)-c1cc3c(c(=O)n1C2)COC(=O)C3(O)CC. The number of carbonyl (C=O) groups is 1. The Balaban J connectivity index is 1.47. The van der Waals surface area contributed by atoms with Gasteiger partial charge in [0.05, 0.1) is 29.0 Å². The molecule has 0 aliphatic carbocycles. The van der Waals surface area contributed by atoms with Crippen LogP contribution in [-0.2, 0) is 41.3 Å². The van der Waals surface area contributed by atoms with Crippen LogP contribution in [0.4, 0.5) is 0 Å². The second-order valence-electron chi connectivity index (χ2n) is 9.33. The van der Waals surface area contributed by atoms with Crippen molar-refractivity contribution < 1.29 is 19.4 Å². The summed E-state index contributed by atoms with van der Waals surface area (Å²) in [6.07, 6.45) is 0.873. The van der Waals surface area contributed by atoms with Crippen LogP contribution < -0.4 is 10.3 Å². The number of cyclic esters (lactones) is 1. The molecule has 2 aliphatic heterocycles. The largest absolute Gasteiger partial charge is 0.489 e. The highest BCUT2D eigenvalue weighted by Crippen LogP contribution is 2.40. The normalized spacial score (nSPS) is 17.9. The number of nitrogens with zero attached hydrogens (tertiary/aromatic N) is 2. The number of aliphatic hydroxyl groups is 1. The van der Waals surface area contributed by atoms with Crippen molar-refractivity contribution >= 4 is 16.9 Å². The van der Waals surface area contributed by atoms with Crippen molar-refractivity contribution in [3.05, 3.63) is 92.8 Å². The molecule has 36 heavy (non-hydrogen) atoms. The van der Waals surface area contributed by atoms with E-state index in [4.69, 9.17) is 14.5 Å². The third-order valence-corrected chi connectivity index (χ3v) is 7.38. The van der Waals surface area contributed by atoms with Crippen molar-refractivity contribution in [1.29, 1.82) is 0 Å². The lowest BCUT2D eigenvalue weighted by atomic mass is 9.86. The molecular formula is C29H26N2O5. The van der Waals surface area contributed by atoms with Gasteiger partial charge in [-0.1, -0.05) is 44.2 Å². The molecule has 0 spiro atoms. The fourth-order valence-electron chi connectivity index (χ4n) is 5.38. The molecule has 2 aromatic carbocycles. The maximum atomic E-state index is 13.5. The summed E-state index contributed by atoms with van der Waals surface area (Å²) in [5.41, 5.74) is 3.90. The van der Waals surface area contributed by atoms with E-state index in [-0.39, 0.29) is 18.6 Å². The molecule has 7 heteroatoms. The van der Waals surface area contributed by atoms with Crippen LogP contribution in [0.5, 0.6) is 5.75 Å². The molecule has 0 saturated carbocycles. The molecule has 7 nitrogen and oxygen atoms in total. The lowest BCUT2D eigenvalue weighted by molar-refractivity contribution is -0.172. The zero-order valence-corrected chi connectivity index (χ0v) is 20.2. The maximum absolute atomic E-state index is 13.5. The zero-order valence-electron chi connectivity index (χ0n) is 20.2. The van der Waals surface area contributed by atoms with Gasteiger partial charge in [0.15, 0.2) is 5.60 Å². The lowest BCUT2D eigenvalue weighted by Crippen LogP contribution is -2.44. The van der Waals surface area contributed by atoms with Gasteiger partial charge in [-0.15, -0.1) is 0 Å². The number of benzene rings is 2. The highest BCUT2D eigenvalue weighted by Gasteiger charge is 2.45. The van der Waals surface area contributed by atoms with Gasteiger partial charge in [0, 0.05) is 16.5 Å². The summed E-state index contributed by atoms with van der Waals surface area (Å²) in [6.45, 7) is 4.51. The summed E-state index contributed by atoms with van der Waals surface area (Å²) in [7, 11) is 0.